The van der Waals surface area contributed by atoms with Gasteiger partial charge in [-0.05, 0) is 18.2 Å². The van der Waals surface area contributed by atoms with Crippen LogP contribution < -0.4 is 9.47 Å². The minimum atomic E-state index is 0.818. The van der Waals surface area contributed by atoms with E-state index in [1.54, 1.807) is 14.2 Å². The molecule has 0 atom stereocenters. The zero-order valence-electron chi connectivity index (χ0n) is 7.55. The summed E-state index contributed by atoms with van der Waals surface area (Å²) < 4.78 is 10.2. The highest BCUT2D eigenvalue weighted by Gasteiger charge is 2.01. The van der Waals surface area contributed by atoms with Crippen LogP contribution in [0.25, 0.3) is 0 Å². The van der Waals surface area contributed by atoms with Crippen LogP contribution in [-0.2, 0) is 0 Å². The van der Waals surface area contributed by atoms with Gasteiger partial charge in [0.15, 0.2) is 0 Å². The Kier molecular flexibility index (Phi) is 2.97. The Morgan fingerprint density at radius 1 is 1.17 bits per heavy atom. The maximum atomic E-state index is 5.12. The monoisotopic (exact) mass is 164 g/mol. The molecule has 0 aliphatic carbocycles. The number of hydrogen-bond acceptors (Lipinski definition) is 2. The molecule has 2 radical (unpaired) electrons. The van der Waals surface area contributed by atoms with Crippen molar-refractivity contribution in [2.24, 2.45) is 0 Å². The predicted octanol–water partition coefficient (Wildman–Crippen LogP) is 2.15. The van der Waals surface area contributed by atoms with Crippen molar-refractivity contribution in [1.29, 1.82) is 0 Å². The van der Waals surface area contributed by atoms with E-state index in [1.165, 1.54) is 0 Å². The van der Waals surface area contributed by atoms with Crippen molar-refractivity contribution in [3.63, 3.8) is 0 Å². The van der Waals surface area contributed by atoms with Gasteiger partial charge in [0.25, 0.3) is 0 Å². The topological polar surface area (TPSA) is 18.5 Å². The molecule has 1 rings (SSSR count). The normalized spacial score (nSPS) is 9.58. The molecule has 0 aliphatic rings. The third-order valence-corrected chi connectivity index (χ3v) is 1.68. The number of benzene rings is 1. The molecule has 64 valence electrons. The van der Waals surface area contributed by atoms with E-state index in [2.05, 4.69) is 6.42 Å². The number of rotatable bonds is 3. The molecular formula is C10H12O2. The zero-order chi connectivity index (χ0) is 8.97. The molecule has 0 bridgehead atoms. The van der Waals surface area contributed by atoms with Gasteiger partial charge >= 0.3 is 0 Å². The third kappa shape index (κ3) is 1.70. The number of hydrogen-bond donors (Lipinski definition) is 0. The van der Waals surface area contributed by atoms with Crippen molar-refractivity contribution in [3.8, 4) is 11.5 Å². The van der Waals surface area contributed by atoms with Crippen molar-refractivity contribution in [3.05, 3.63) is 30.2 Å². The van der Waals surface area contributed by atoms with Gasteiger partial charge in [0.1, 0.15) is 11.5 Å². The summed E-state index contributed by atoms with van der Waals surface area (Å²) in [7, 11) is 3.28. The summed E-state index contributed by atoms with van der Waals surface area (Å²) in [6.45, 7) is 1.84. The molecule has 0 N–H and O–H groups in total. The molecular weight excluding hydrogens is 152 g/mol. The highest BCUT2D eigenvalue weighted by Crippen LogP contribution is 2.24. The Morgan fingerprint density at radius 3 is 2.42 bits per heavy atom. The van der Waals surface area contributed by atoms with E-state index in [-0.39, 0.29) is 0 Å². The third-order valence-electron chi connectivity index (χ3n) is 1.68. The second kappa shape index (κ2) is 4.00. The van der Waals surface area contributed by atoms with Crippen molar-refractivity contribution in [2.45, 2.75) is 6.92 Å². The lowest BCUT2D eigenvalue weighted by atomic mass is 10.1. The first-order chi connectivity index (χ1) is 5.81. The summed E-state index contributed by atoms with van der Waals surface area (Å²) in [5.74, 6) is 1.64. The van der Waals surface area contributed by atoms with Crippen molar-refractivity contribution in [1.82, 2.24) is 0 Å². The Labute approximate surface area is 73.1 Å². The minimum absolute atomic E-state index is 0.818. The van der Waals surface area contributed by atoms with Crippen LogP contribution in [0.3, 0.4) is 0 Å². The lowest BCUT2D eigenvalue weighted by molar-refractivity contribution is 0.401. The van der Waals surface area contributed by atoms with Crippen LogP contribution in [0.4, 0.5) is 0 Å². The average Bonchev–Trinajstić information content (AvgIpc) is 2.16. The summed E-state index contributed by atoms with van der Waals surface area (Å²) in [6.07, 6.45) is 3.02. The summed E-state index contributed by atoms with van der Waals surface area (Å²) in [6, 6.07) is 5.61. The van der Waals surface area contributed by atoms with Gasteiger partial charge in [-0.15, -0.1) is 0 Å². The molecule has 1 aromatic rings. The van der Waals surface area contributed by atoms with E-state index in [9.17, 15) is 0 Å². The fourth-order valence-electron chi connectivity index (χ4n) is 1.01. The zero-order valence-corrected chi connectivity index (χ0v) is 7.55. The Hall–Kier alpha value is -1.18. The van der Waals surface area contributed by atoms with Crippen LogP contribution in [-0.4, -0.2) is 14.2 Å². The van der Waals surface area contributed by atoms with E-state index in [0.29, 0.717) is 0 Å². The molecule has 1 aromatic carbocycles. The van der Waals surface area contributed by atoms with Gasteiger partial charge in [0.2, 0.25) is 0 Å². The van der Waals surface area contributed by atoms with Gasteiger partial charge in [-0.1, -0.05) is 6.92 Å². The first-order valence-electron chi connectivity index (χ1n) is 3.71. The van der Waals surface area contributed by atoms with Crippen LogP contribution in [0.15, 0.2) is 18.2 Å². The van der Waals surface area contributed by atoms with Crippen LogP contribution in [0.1, 0.15) is 12.5 Å². The van der Waals surface area contributed by atoms with Crippen LogP contribution in [0.2, 0.25) is 0 Å². The molecule has 0 saturated carbocycles. The smallest absolute Gasteiger partial charge is 0.122 e. The van der Waals surface area contributed by atoms with E-state index in [1.807, 2.05) is 25.1 Å². The predicted molar refractivity (Wildman–Crippen MR) is 47.6 cm³/mol. The maximum absolute atomic E-state index is 5.12. The molecule has 0 aliphatic heterocycles. The summed E-state index contributed by atoms with van der Waals surface area (Å²) in [5, 5.41) is 0. The summed E-state index contributed by atoms with van der Waals surface area (Å²) in [5.41, 5.74) is 0.928. The molecule has 0 spiro atoms. The van der Waals surface area contributed by atoms with Gasteiger partial charge in [-0.3, -0.25) is 0 Å². The Bertz CT molecular complexity index is 256. The van der Waals surface area contributed by atoms with Gasteiger partial charge in [-0.2, -0.15) is 0 Å². The van der Waals surface area contributed by atoms with Crippen molar-refractivity contribution < 1.29 is 9.47 Å². The number of methoxy groups -OCH3 is 2. The van der Waals surface area contributed by atoms with Crippen LogP contribution in [0, 0.1) is 6.42 Å². The molecule has 2 nitrogen and oxygen atoms in total. The highest BCUT2D eigenvalue weighted by molar-refractivity contribution is 5.43. The van der Waals surface area contributed by atoms with Crippen LogP contribution in [0.5, 0.6) is 11.5 Å². The van der Waals surface area contributed by atoms with Gasteiger partial charge in [0, 0.05) is 12.0 Å². The first kappa shape index (κ1) is 8.91. The molecule has 0 aromatic heterocycles. The van der Waals surface area contributed by atoms with Gasteiger partial charge < -0.3 is 9.47 Å². The van der Waals surface area contributed by atoms with Crippen LogP contribution >= 0.6 is 0 Å². The lowest BCUT2D eigenvalue weighted by Crippen LogP contribution is -1.90. The minimum Gasteiger partial charge on any atom is -0.497 e. The van der Waals surface area contributed by atoms with Gasteiger partial charge in [-0.25, -0.2) is 0 Å². The lowest BCUT2D eigenvalue weighted by Gasteiger charge is -2.07. The molecule has 0 amide bonds. The van der Waals surface area contributed by atoms with Crippen molar-refractivity contribution in [2.75, 3.05) is 14.2 Å². The van der Waals surface area contributed by atoms with E-state index in [0.717, 1.165) is 17.1 Å². The van der Waals surface area contributed by atoms with Gasteiger partial charge in [0.05, 0.1) is 14.2 Å². The van der Waals surface area contributed by atoms with E-state index < -0.39 is 0 Å². The summed E-state index contributed by atoms with van der Waals surface area (Å²) in [4.78, 5) is 0. The van der Waals surface area contributed by atoms with E-state index >= 15 is 0 Å². The highest BCUT2D eigenvalue weighted by atomic mass is 16.5. The molecule has 0 heterocycles. The Morgan fingerprint density at radius 2 is 1.92 bits per heavy atom. The standard InChI is InChI=1S/C10H12O2/c1-4-8-7-9(11-2)5-6-10(8)12-3/h5-7H,1-3H3. The van der Waals surface area contributed by atoms with E-state index in [4.69, 9.17) is 9.47 Å². The molecule has 0 unspecified atom stereocenters. The Balaban J connectivity index is 3.02. The first-order valence-corrected chi connectivity index (χ1v) is 3.71. The quantitative estimate of drug-likeness (QED) is 0.681. The largest absolute Gasteiger partial charge is 0.497 e. The number of ether oxygens (including phenoxy) is 2. The molecule has 0 fully saturated rings. The maximum Gasteiger partial charge on any atom is 0.122 e. The molecule has 2 heteroatoms. The average molecular weight is 164 g/mol. The molecule has 12 heavy (non-hydrogen) atoms. The molecule has 0 saturated heterocycles. The second-order valence-corrected chi connectivity index (χ2v) is 2.32. The SMILES string of the molecule is C[C]c1cc(OC)ccc1OC. The second-order valence-electron chi connectivity index (χ2n) is 2.32. The van der Waals surface area contributed by atoms with Crippen molar-refractivity contribution >= 4 is 0 Å². The fraction of sp³-hybridized carbons (Fsp3) is 0.300. The summed E-state index contributed by atoms with van der Waals surface area (Å²) >= 11 is 0. The fourth-order valence-corrected chi connectivity index (χ4v) is 1.01.